The number of amides is 1. The number of piperazine rings is 1. The summed E-state index contributed by atoms with van der Waals surface area (Å²) in [4.78, 5) is 29.8. The van der Waals surface area contributed by atoms with Crippen molar-refractivity contribution in [2.75, 3.05) is 31.1 Å². The Balaban J connectivity index is 1.55. The van der Waals surface area contributed by atoms with E-state index >= 15 is 0 Å². The minimum Gasteiger partial charge on any atom is -0.367 e. The summed E-state index contributed by atoms with van der Waals surface area (Å²) in [6.07, 6.45) is 5.07. The smallest absolute Gasteiger partial charge is 0.307 e. The van der Waals surface area contributed by atoms with Crippen molar-refractivity contribution in [3.05, 3.63) is 46.8 Å². The first-order valence-electron chi connectivity index (χ1n) is 7.33. The number of hydrogen-bond acceptors (Lipinski definition) is 6. The highest BCUT2D eigenvalue weighted by molar-refractivity contribution is 5.76. The van der Waals surface area contributed by atoms with E-state index in [4.69, 9.17) is 0 Å². The maximum atomic E-state index is 13.2. The largest absolute Gasteiger partial charge is 0.367 e. The van der Waals surface area contributed by atoms with Crippen LogP contribution in [0.2, 0.25) is 0 Å². The van der Waals surface area contributed by atoms with Gasteiger partial charge < -0.3 is 9.80 Å². The number of hydrogen-bond donors (Lipinski definition) is 0. The molecule has 2 aromatic rings. The first kappa shape index (κ1) is 15.8. The maximum Gasteiger partial charge on any atom is 0.307 e. The van der Waals surface area contributed by atoms with Crippen LogP contribution in [0, 0.1) is 15.9 Å². The highest BCUT2D eigenvalue weighted by atomic mass is 19.1. The summed E-state index contributed by atoms with van der Waals surface area (Å²) in [6.45, 7) is 2.05. The summed E-state index contributed by atoms with van der Waals surface area (Å²) in [5.41, 5.74) is 0.538. The van der Waals surface area contributed by atoms with Crippen LogP contribution in [0.25, 0.3) is 0 Å². The average molecular weight is 334 g/mol. The Morgan fingerprint density at radius 3 is 2.62 bits per heavy atom. The van der Waals surface area contributed by atoms with Gasteiger partial charge in [0.25, 0.3) is 0 Å². The second-order valence-corrected chi connectivity index (χ2v) is 5.38. The molecule has 10 heteroatoms. The zero-order valence-electron chi connectivity index (χ0n) is 12.7. The fourth-order valence-electron chi connectivity index (χ4n) is 2.56. The first-order valence-corrected chi connectivity index (χ1v) is 7.33. The van der Waals surface area contributed by atoms with E-state index in [2.05, 4.69) is 10.1 Å². The highest BCUT2D eigenvalue weighted by Gasteiger charge is 2.22. The van der Waals surface area contributed by atoms with Gasteiger partial charge in [-0.2, -0.15) is 5.10 Å². The summed E-state index contributed by atoms with van der Waals surface area (Å²) in [5, 5.41) is 14.4. The summed E-state index contributed by atoms with van der Waals surface area (Å²) in [5.74, 6) is -0.559. The molecule has 2 aromatic heterocycles. The fourth-order valence-corrected chi connectivity index (χ4v) is 2.56. The molecular weight excluding hydrogens is 319 g/mol. The third kappa shape index (κ3) is 3.47. The normalized spacial score (nSPS) is 14.7. The number of aromatic nitrogens is 3. The van der Waals surface area contributed by atoms with E-state index in [1.807, 2.05) is 4.90 Å². The van der Waals surface area contributed by atoms with Crippen LogP contribution in [-0.2, 0) is 11.3 Å². The molecule has 0 radical (unpaired) electrons. The van der Waals surface area contributed by atoms with Crippen molar-refractivity contribution in [3.8, 4) is 0 Å². The number of anilines is 1. The van der Waals surface area contributed by atoms with Crippen LogP contribution in [0.3, 0.4) is 0 Å². The minimum atomic E-state index is -0.556. The summed E-state index contributed by atoms with van der Waals surface area (Å²) in [7, 11) is 0. The van der Waals surface area contributed by atoms with E-state index in [0.717, 1.165) is 12.4 Å². The molecule has 1 saturated heterocycles. The third-order valence-corrected chi connectivity index (χ3v) is 3.82. The van der Waals surface area contributed by atoms with Crippen molar-refractivity contribution in [3.63, 3.8) is 0 Å². The quantitative estimate of drug-likeness (QED) is 0.602. The molecule has 0 saturated carbocycles. The molecule has 3 rings (SSSR count). The molecule has 0 aromatic carbocycles. The number of halogens is 1. The number of nitrogens with zero attached hydrogens (tertiary/aromatic N) is 6. The molecule has 0 atom stereocenters. The van der Waals surface area contributed by atoms with Crippen molar-refractivity contribution in [1.82, 2.24) is 19.7 Å². The van der Waals surface area contributed by atoms with Crippen LogP contribution < -0.4 is 4.90 Å². The Bertz CT molecular complexity index is 756. The molecule has 0 bridgehead atoms. The zero-order valence-corrected chi connectivity index (χ0v) is 12.7. The standard InChI is InChI=1S/C14H15FN6O3/c15-11-5-12(7-16-6-11)18-1-3-19(4-2-18)14(22)10-20-9-13(8-17-20)21(23)24/h5-9H,1-4,10H2. The lowest BCUT2D eigenvalue weighted by atomic mass is 10.2. The van der Waals surface area contributed by atoms with Gasteiger partial charge in [-0.25, -0.2) is 4.39 Å². The first-order chi connectivity index (χ1) is 11.5. The Hall–Kier alpha value is -3.04. The molecule has 1 aliphatic rings. The van der Waals surface area contributed by atoms with Gasteiger partial charge in [-0.3, -0.25) is 24.6 Å². The number of rotatable bonds is 4. The average Bonchev–Trinajstić information content (AvgIpc) is 3.04. The topological polar surface area (TPSA) is 97.4 Å². The second-order valence-electron chi connectivity index (χ2n) is 5.38. The van der Waals surface area contributed by atoms with Gasteiger partial charge >= 0.3 is 5.69 Å². The SMILES string of the molecule is O=C(Cn1cc([N+](=O)[O-])cn1)N1CCN(c2cncc(F)c2)CC1. The van der Waals surface area contributed by atoms with E-state index < -0.39 is 10.7 Å². The number of pyridine rings is 1. The van der Waals surface area contributed by atoms with Crippen LogP contribution in [0.5, 0.6) is 0 Å². The number of carbonyl (C=O) groups is 1. The van der Waals surface area contributed by atoms with Crippen molar-refractivity contribution >= 4 is 17.3 Å². The van der Waals surface area contributed by atoms with Crippen LogP contribution in [0.4, 0.5) is 15.8 Å². The lowest BCUT2D eigenvalue weighted by molar-refractivity contribution is -0.385. The van der Waals surface area contributed by atoms with Crippen molar-refractivity contribution in [2.24, 2.45) is 0 Å². The molecular formula is C14H15FN6O3. The van der Waals surface area contributed by atoms with Crippen LogP contribution in [0.15, 0.2) is 30.9 Å². The second kappa shape index (κ2) is 6.60. The van der Waals surface area contributed by atoms with E-state index in [1.165, 1.54) is 16.9 Å². The summed E-state index contributed by atoms with van der Waals surface area (Å²) < 4.78 is 14.5. The van der Waals surface area contributed by atoms with Crippen molar-refractivity contribution < 1.29 is 14.1 Å². The Kier molecular flexibility index (Phi) is 4.36. The van der Waals surface area contributed by atoms with Gasteiger partial charge in [0.15, 0.2) is 0 Å². The van der Waals surface area contributed by atoms with Gasteiger partial charge in [-0.1, -0.05) is 0 Å². The molecule has 1 fully saturated rings. The van der Waals surface area contributed by atoms with Crippen LogP contribution in [-0.4, -0.2) is 56.7 Å². The molecule has 0 spiro atoms. The van der Waals surface area contributed by atoms with E-state index in [0.29, 0.717) is 31.9 Å². The lowest BCUT2D eigenvalue weighted by Gasteiger charge is -2.35. The molecule has 126 valence electrons. The van der Waals surface area contributed by atoms with Crippen molar-refractivity contribution in [1.29, 1.82) is 0 Å². The van der Waals surface area contributed by atoms with Gasteiger partial charge in [-0.05, 0) is 0 Å². The minimum absolute atomic E-state index is 0.0463. The molecule has 0 aliphatic carbocycles. The Labute approximate surface area is 136 Å². The van der Waals surface area contributed by atoms with Crippen LogP contribution in [0.1, 0.15) is 0 Å². The fraction of sp³-hybridized carbons (Fsp3) is 0.357. The highest BCUT2D eigenvalue weighted by Crippen LogP contribution is 2.16. The predicted octanol–water partition coefficient (Wildman–Crippen LogP) is 0.674. The molecule has 0 unspecified atom stereocenters. The van der Waals surface area contributed by atoms with Gasteiger partial charge in [-0.15, -0.1) is 0 Å². The molecule has 1 aliphatic heterocycles. The van der Waals surface area contributed by atoms with Gasteiger partial charge in [0.1, 0.15) is 24.8 Å². The Morgan fingerprint density at radius 1 is 1.25 bits per heavy atom. The van der Waals surface area contributed by atoms with Gasteiger partial charge in [0, 0.05) is 32.2 Å². The molecule has 0 N–H and O–H groups in total. The van der Waals surface area contributed by atoms with Gasteiger partial charge in [0.05, 0.1) is 23.0 Å². The monoisotopic (exact) mass is 334 g/mol. The predicted molar refractivity (Wildman–Crippen MR) is 81.9 cm³/mol. The molecule has 3 heterocycles. The van der Waals surface area contributed by atoms with Gasteiger partial charge in [0.2, 0.25) is 5.91 Å². The van der Waals surface area contributed by atoms with Crippen molar-refractivity contribution in [2.45, 2.75) is 6.54 Å². The summed E-state index contributed by atoms with van der Waals surface area (Å²) >= 11 is 0. The maximum absolute atomic E-state index is 13.2. The molecule has 9 nitrogen and oxygen atoms in total. The number of carbonyl (C=O) groups excluding carboxylic acids is 1. The van der Waals surface area contributed by atoms with E-state index in [9.17, 15) is 19.3 Å². The lowest BCUT2D eigenvalue weighted by Crippen LogP contribution is -2.49. The van der Waals surface area contributed by atoms with E-state index in [1.54, 1.807) is 11.1 Å². The molecule has 1 amide bonds. The summed E-state index contributed by atoms with van der Waals surface area (Å²) in [6, 6.07) is 1.41. The Morgan fingerprint density at radius 2 is 2.00 bits per heavy atom. The third-order valence-electron chi connectivity index (χ3n) is 3.82. The van der Waals surface area contributed by atoms with Crippen LogP contribution >= 0.6 is 0 Å². The number of nitro groups is 1. The van der Waals surface area contributed by atoms with E-state index in [-0.39, 0.29) is 18.1 Å². The molecule has 24 heavy (non-hydrogen) atoms. The zero-order chi connectivity index (χ0) is 17.1.